The summed E-state index contributed by atoms with van der Waals surface area (Å²) in [5.41, 5.74) is 0.689. The van der Waals surface area contributed by atoms with E-state index in [4.69, 9.17) is 4.74 Å². The average Bonchev–Trinajstić information content (AvgIpc) is 3.30. The van der Waals surface area contributed by atoms with Crippen molar-refractivity contribution in [3.63, 3.8) is 0 Å². The van der Waals surface area contributed by atoms with Gasteiger partial charge in [-0.05, 0) is 54.6 Å². The minimum atomic E-state index is -2.61. The Morgan fingerprint density at radius 2 is 1.68 bits per heavy atom. The van der Waals surface area contributed by atoms with Crippen LogP contribution in [-0.4, -0.2) is 26.4 Å². The highest BCUT2D eigenvalue weighted by atomic mass is 32.2. The molecule has 0 bridgehead atoms. The smallest absolute Gasteiger partial charge is 0.288 e. The van der Waals surface area contributed by atoms with Gasteiger partial charge in [0.1, 0.15) is 5.75 Å². The quantitative estimate of drug-likeness (QED) is 0.379. The second-order valence-electron chi connectivity index (χ2n) is 6.28. The number of alkyl halides is 2. The van der Waals surface area contributed by atoms with Crippen molar-refractivity contribution in [2.75, 3.05) is 5.32 Å². The number of ether oxygens (including phenoxy) is 1. The highest BCUT2D eigenvalue weighted by Crippen LogP contribution is 2.29. The number of carbonyl (C=O) groups excluding carboxylic acids is 1. The van der Waals surface area contributed by atoms with E-state index in [1.807, 2.05) is 29.1 Å². The maximum absolute atomic E-state index is 12.7. The number of carbonyl (C=O) groups is 1. The molecule has 0 spiro atoms. The number of hydrogen-bond donors (Lipinski definition) is 1. The Morgan fingerprint density at radius 3 is 2.35 bits per heavy atom. The predicted octanol–water partition coefficient (Wildman–Crippen LogP) is 5.63. The number of benzene rings is 2. The molecule has 6 nitrogen and oxygen atoms in total. The lowest BCUT2D eigenvalue weighted by atomic mass is 10.2. The molecule has 156 valence electrons. The number of halogens is 2. The molecular weight excluding hydrogens is 422 g/mol. The summed E-state index contributed by atoms with van der Waals surface area (Å²) in [7, 11) is 0. The fraction of sp³-hybridized carbons (Fsp3) is 0.0455. The molecule has 0 saturated carbocycles. The van der Waals surface area contributed by atoms with Gasteiger partial charge < -0.3 is 14.6 Å². The van der Waals surface area contributed by atoms with Crippen LogP contribution in [0.2, 0.25) is 0 Å². The molecule has 0 aliphatic carbocycles. The third-order valence-electron chi connectivity index (χ3n) is 4.18. The number of hydrogen-bond acceptors (Lipinski definition) is 5. The Bertz CT molecular complexity index is 1150. The monoisotopic (exact) mass is 438 g/mol. The van der Waals surface area contributed by atoms with E-state index >= 15 is 0 Å². The van der Waals surface area contributed by atoms with Crippen LogP contribution in [0.3, 0.4) is 0 Å². The Labute approximate surface area is 180 Å². The van der Waals surface area contributed by atoms with Crippen LogP contribution in [0.5, 0.6) is 11.6 Å². The van der Waals surface area contributed by atoms with Gasteiger partial charge in [-0.25, -0.2) is 0 Å². The van der Waals surface area contributed by atoms with Gasteiger partial charge in [-0.1, -0.05) is 23.9 Å². The van der Waals surface area contributed by atoms with Crippen LogP contribution in [0, 0.1) is 0 Å². The van der Waals surface area contributed by atoms with E-state index in [1.165, 1.54) is 12.1 Å². The zero-order chi connectivity index (χ0) is 21.6. The molecule has 9 heteroatoms. The lowest BCUT2D eigenvalue weighted by Crippen LogP contribution is -2.13. The molecule has 4 aromatic rings. The van der Waals surface area contributed by atoms with Crippen molar-refractivity contribution in [2.45, 2.75) is 10.7 Å². The van der Waals surface area contributed by atoms with E-state index in [2.05, 4.69) is 15.5 Å². The maximum Gasteiger partial charge on any atom is 0.288 e. The van der Waals surface area contributed by atoms with Gasteiger partial charge >= 0.3 is 0 Å². The molecule has 2 aromatic carbocycles. The third kappa shape index (κ3) is 5.26. The van der Waals surface area contributed by atoms with E-state index in [0.717, 1.165) is 0 Å². The molecule has 0 fully saturated rings. The fourth-order valence-electron chi connectivity index (χ4n) is 2.77. The highest BCUT2D eigenvalue weighted by Gasteiger charge is 2.15. The molecule has 0 saturated heterocycles. The van der Waals surface area contributed by atoms with Crippen molar-refractivity contribution < 1.29 is 18.3 Å². The van der Waals surface area contributed by atoms with Crippen molar-refractivity contribution in [1.29, 1.82) is 0 Å². The highest BCUT2D eigenvalue weighted by molar-refractivity contribution is 7.99. The molecule has 0 aliphatic rings. The zero-order valence-electron chi connectivity index (χ0n) is 16.0. The van der Waals surface area contributed by atoms with Crippen molar-refractivity contribution in [1.82, 2.24) is 14.8 Å². The standard InChI is InChI=1S/C22H16F2N4O2S/c23-22(24)31-18-6-2-1-5-17(18)21(29)25-15-7-9-16(10-8-15)30-20-12-11-19(26-27-20)28-13-3-4-14-28/h1-14,22H,(H,25,29). The van der Waals surface area contributed by atoms with Crippen LogP contribution in [0.1, 0.15) is 10.4 Å². The second kappa shape index (κ2) is 9.40. The summed E-state index contributed by atoms with van der Waals surface area (Å²) in [5.74, 6) is -1.57. The molecule has 31 heavy (non-hydrogen) atoms. The fourth-order valence-corrected chi connectivity index (χ4v) is 3.41. The summed E-state index contributed by atoms with van der Waals surface area (Å²) in [4.78, 5) is 12.7. The Hall–Kier alpha value is -3.72. The van der Waals surface area contributed by atoms with E-state index in [-0.39, 0.29) is 10.5 Å². The van der Waals surface area contributed by atoms with Gasteiger partial charge in [-0.15, -0.1) is 10.2 Å². The van der Waals surface area contributed by atoms with Crippen LogP contribution in [0.4, 0.5) is 14.5 Å². The second-order valence-corrected chi connectivity index (χ2v) is 7.31. The molecule has 0 aliphatic heterocycles. The zero-order valence-corrected chi connectivity index (χ0v) is 16.8. The molecular formula is C22H16F2N4O2S. The van der Waals surface area contributed by atoms with E-state index in [9.17, 15) is 13.6 Å². The van der Waals surface area contributed by atoms with Gasteiger partial charge in [0.05, 0.1) is 5.56 Å². The van der Waals surface area contributed by atoms with E-state index in [1.54, 1.807) is 48.5 Å². The first-order chi connectivity index (χ1) is 15.1. The molecule has 0 radical (unpaired) electrons. The van der Waals surface area contributed by atoms with Crippen LogP contribution in [-0.2, 0) is 0 Å². The summed E-state index contributed by atoms with van der Waals surface area (Å²) in [6.07, 6.45) is 3.73. The minimum absolute atomic E-state index is 0.186. The van der Waals surface area contributed by atoms with E-state index in [0.29, 0.717) is 34.9 Å². The number of nitrogens with one attached hydrogen (secondary N) is 1. The Morgan fingerprint density at radius 1 is 0.935 bits per heavy atom. The Kier molecular flexibility index (Phi) is 6.23. The first kappa shape index (κ1) is 20.5. The molecule has 4 rings (SSSR count). The molecule has 0 atom stereocenters. The summed E-state index contributed by atoms with van der Waals surface area (Å²) in [5, 5.41) is 10.9. The normalized spacial score (nSPS) is 10.8. The summed E-state index contributed by atoms with van der Waals surface area (Å²) in [6.45, 7) is 0. The largest absolute Gasteiger partial charge is 0.438 e. The van der Waals surface area contributed by atoms with Crippen LogP contribution < -0.4 is 10.1 Å². The van der Waals surface area contributed by atoms with Crippen LogP contribution in [0.15, 0.2) is 90.1 Å². The number of anilines is 1. The summed E-state index contributed by atoms with van der Waals surface area (Å²) >= 11 is 0.339. The molecule has 0 unspecified atom stereocenters. The van der Waals surface area contributed by atoms with Gasteiger partial charge in [-0.3, -0.25) is 4.79 Å². The molecule has 1 N–H and O–H groups in total. The summed E-state index contributed by atoms with van der Waals surface area (Å²) < 4.78 is 32.9. The Balaban J connectivity index is 1.40. The van der Waals surface area contributed by atoms with Gasteiger partial charge in [0, 0.05) is 29.0 Å². The topological polar surface area (TPSA) is 69.0 Å². The first-order valence-electron chi connectivity index (χ1n) is 9.19. The van der Waals surface area contributed by atoms with Crippen LogP contribution >= 0.6 is 11.8 Å². The first-order valence-corrected chi connectivity index (χ1v) is 10.1. The molecule has 1 amide bonds. The number of rotatable bonds is 7. The minimum Gasteiger partial charge on any atom is -0.438 e. The lowest BCUT2D eigenvalue weighted by molar-refractivity contribution is 0.102. The molecule has 2 aromatic heterocycles. The number of amides is 1. The van der Waals surface area contributed by atoms with Gasteiger partial charge in [-0.2, -0.15) is 8.78 Å². The van der Waals surface area contributed by atoms with Crippen molar-refractivity contribution in [3.8, 4) is 17.4 Å². The predicted molar refractivity (Wildman–Crippen MR) is 114 cm³/mol. The average molecular weight is 438 g/mol. The van der Waals surface area contributed by atoms with Crippen molar-refractivity contribution in [3.05, 3.63) is 90.8 Å². The number of nitrogens with zero attached hydrogens (tertiary/aromatic N) is 3. The van der Waals surface area contributed by atoms with Gasteiger partial charge in [0.25, 0.3) is 11.7 Å². The van der Waals surface area contributed by atoms with Crippen molar-refractivity contribution >= 4 is 23.4 Å². The van der Waals surface area contributed by atoms with Crippen LogP contribution in [0.25, 0.3) is 5.82 Å². The summed E-state index contributed by atoms with van der Waals surface area (Å²) in [6, 6.07) is 20.1. The van der Waals surface area contributed by atoms with Gasteiger partial charge in [0.15, 0.2) is 5.82 Å². The number of aromatic nitrogens is 3. The molecule has 2 heterocycles. The van der Waals surface area contributed by atoms with E-state index < -0.39 is 11.7 Å². The lowest BCUT2D eigenvalue weighted by Gasteiger charge is -2.10. The SMILES string of the molecule is O=C(Nc1ccc(Oc2ccc(-n3cccc3)nn2)cc1)c1ccccc1SC(F)F. The maximum atomic E-state index is 12.7. The van der Waals surface area contributed by atoms with Gasteiger partial charge in [0.2, 0.25) is 5.88 Å². The number of thioether (sulfide) groups is 1. The van der Waals surface area contributed by atoms with Crippen molar-refractivity contribution in [2.24, 2.45) is 0 Å². The third-order valence-corrected chi connectivity index (χ3v) is 4.97.